The van der Waals surface area contributed by atoms with Crippen molar-refractivity contribution in [3.05, 3.63) is 0 Å². The van der Waals surface area contributed by atoms with Crippen LogP contribution in [0.15, 0.2) is 0 Å². The number of hydrogen-bond acceptors (Lipinski definition) is 3. The van der Waals surface area contributed by atoms with E-state index >= 15 is 0 Å². The molecule has 0 spiro atoms. The monoisotopic (exact) mass is 297 g/mol. The van der Waals surface area contributed by atoms with Gasteiger partial charge in [0.05, 0.1) is 17.9 Å². The molecular weight excluding hydrogens is 270 g/mol. The van der Waals surface area contributed by atoms with Crippen molar-refractivity contribution in [2.24, 2.45) is 23.7 Å². The Bertz CT molecular complexity index is 398. The van der Waals surface area contributed by atoms with Gasteiger partial charge in [-0.1, -0.05) is 20.3 Å². The van der Waals surface area contributed by atoms with E-state index in [1.54, 1.807) is 7.11 Å². The van der Waals surface area contributed by atoms with Gasteiger partial charge in [0.2, 0.25) is 5.91 Å². The predicted octanol–water partition coefficient (Wildman–Crippen LogP) is 2.01. The van der Waals surface area contributed by atoms with E-state index in [1.165, 1.54) is 0 Å². The molecule has 5 heteroatoms. The second kappa shape index (κ2) is 6.77. The smallest absolute Gasteiger partial charge is 0.307 e. The Balaban J connectivity index is 2.06. The van der Waals surface area contributed by atoms with Gasteiger partial charge in [-0.3, -0.25) is 9.59 Å². The maximum absolute atomic E-state index is 12.8. The average Bonchev–Trinajstić information content (AvgIpc) is 2.91. The first-order valence-electron chi connectivity index (χ1n) is 8.02. The van der Waals surface area contributed by atoms with E-state index < -0.39 is 11.9 Å². The molecule has 0 radical (unpaired) electrons. The standard InChI is InChI=1S/C16H27NO4/c1-4-11-7-12(13(8-11)16(19)20)15(18)17-6-5-10(2)14(9-17)21-3/h10-14H,4-9H2,1-3H3,(H,19,20). The predicted molar refractivity (Wildman–Crippen MR) is 78.8 cm³/mol. The lowest BCUT2D eigenvalue weighted by molar-refractivity contribution is -0.151. The number of methoxy groups -OCH3 is 1. The van der Waals surface area contributed by atoms with Gasteiger partial charge in [-0.25, -0.2) is 0 Å². The van der Waals surface area contributed by atoms with Crippen LogP contribution in [0.1, 0.15) is 39.5 Å². The lowest BCUT2D eigenvalue weighted by atomic mass is 9.91. The van der Waals surface area contributed by atoms with E-state index in [0.717, 1.165) is 25.8 Å². The van der Waals surface area contributed by atoms with Gasteiger partial charge in [-0.2, -0.15) is 0 Å². The van der Waals surface area contributed by atoms with Gasteiger partial charge in [0.1, 0.15) is 0 Å². The molecule has 0 aromatic heterocycles. The fourth-order valence-corrected chi connectivity index (χ4v) is 3.80. The Morgan fingerprint density at radius 3 is 2.52 bits per heavy atom. The maximum atomic E-state index is 12.8. The maximum Gasteiger partial charge on any atom is 0.307 e. The third-order valence-corrected chi connectivity index (χ3v) is 5.38. The lowest BCUT2D eigenvalue weighted by Crippen LogP contribution is -2.49. The van der Waals surface area contributed by atoms with E-state index in [2.05, 4.69) is 13.8 Å². The third-order valence-electron chi connectivity index (χ3n) is 5.38. The van der Waals surface area contributed by atoms with Crippen molar-refractivity contribution in [3.8, 4) is 0 Å². The second-order valence-electron chi connectivity index (χ2n) is 6.62. The number of likely N-dealkylation sites (tertiary alicyclic amines) is 1. The van der Waals surface area contributed by atoms with Crippen molar-refractivity contribution in [3.63, 3.8) is 0 Å². The van der Waals surface area contributed by atoms with Gasteiger partial charge in [-0.05, 0) is 31.1 Å². The van der Waals surface area contributed by atoms with E-state index in [1.807, 2.05) is 4.90 Å². The van der Waals surface area contributed by atoms with Crippen LogP contribution in [0.2, 0.25) is 0 Å². The summed E-state index contributed by atoms with van der Waals surface area (Å²) in [5.41, 5.74) is 0. The number of aliphatic carboxylic acids is 1. The first kappa shape index (κ1) is 16.3. The minimum Gasteiger partial charge on any atom is -0.481 e. The number of nitrogens with zero attached hydrogens (tertiary/aromatic N) is 1. The Morgan fingerprint density at radius 1 is 1.29 bits per heavy atom. The molecule has 1 saturated heterocycles. The van der Waals surface area contributed by atoms with Crippen LogP contribution in [0.25, 0.3) is 0 Å². The molecular formula is C16H27NO4. The van der Waals surface area contributed by atoms with Crippen molar-refractivity contribution in [2.45, 2.75) is 45.6 Å². The summed E-state index contributed by atoms with van der Waals surface area (Å²) in [6, 6.07) is 0. The van der Waals surface area contributed by atoms with E-state index in [0.29, 0.717) is 24.8 Å². The summed E-state index contributed by atoms with van der Waals surface area (Å²) in [5, 5.41) is 9.39. The van der Waals surface area contributed by atoms with Crippen molar-refractivity contribution in [1.29, 1.82) is 0 Å². The zero-order chi connectivity index (χ0) is 15.6. The number of hydrogen-bond donors (Lipinski definition) is 1. The molecule has 21 heavy (non-hydrogen) atoms. The molecule has 0 bridgehead atoms. The molecule has 1 amide bonds. The summed E-state index contributed by atoms with van der Waals surface area (Å²) in [6.07, 6.45) is 3.29. The molecule has 5 atom stereocenters. The molecule has 0 aromatic carbocycles. The van der Waals surface area contributed by atoms with Gasteiger partial charge in [0.25, 0.3) is 0 Å². The first-order valence-corrected chi connectivity index (χ1v) is 8.02. The van der Waals surface area contributed by atoms with Crippen LogP contribution < -0.4 is 0 Å². The minimum atomic E-state index is -0.821. The number of carbonyl (C=O) groups excluding carboxylic acids is 1. The Kier molecular flexibility index (Phi) is 5.25. The average molecular weight is 297 g/mol. The zero-order valence-electron chi connectivity index (χ0n) is 13.2. The third kappa shape index (κ3) is 3.39. The Morgan fingerprint density at radius 2 is 1.95 bits per heavy atom. The number of rotatable bonds is 4. The molecule has 2 fully saturated rings. The molecule has 1 aliphatic carbocycles. The quantitative estimate of drug-likeness (QED) is 0.862. The molecule has 2 aliphatic rings. The molecule has 1 N–H and O–H groups in total. The summed E-state index contributed by atoms with van der Waals surface area (Å²) in [5.74, 6) is -0.852. The molecule has 2 rings (SSSR count). The minimum absolute atomic E-state index is 0.0206. The van der Waals surface area contributed by atoms with Crippen molar-refractivity contribution in [2.75, 3.05) is 20.2 Å². The van der Waals surface area contributed by atoms with Crippen molar-refractivity contribution in [1.82, 2.24) is 4.90 Å². The summed E-state index contributed by atoms with van der Waals surface area (Å²) in [4.78, 5) is 26.0. The normalized spacial score (nSPS) is 36.7. The fourth-order valence-electron chi connectivity index (χ4n) is 3.80. The second-order valence-corrected chi connectivity index (χ2v) is 6.62. The van der Waals surface area contributed by atoms with Crippen LogP contribution >= 0.6 is 0 Å². The molecule has 1 aliphatic heterocycles. The SMILES string of the molecule is CCC1CC(C(=O)O)C(C(=O)N2CCC(C)C(OC)C2)C1. The molecule has 1 saturated carbocycles. The molecule has 1 heterocycles. The van der Waals surface area contributed by atoms with Crippen LogP contribution in [-0.2, 0) is 14.3 Å². The van der Waals surface area contributed by atoms with Gasteiger partial charge in [0, 0.05) is 20.2 Å². The summed E-state index contributed by atoms with van der Waals surface area (Å²) in [7, 11) is 1.68. The topological polar surface area (TPSA) is 66.8 Å². The number of carboxylic acids is 1. The number of piperidine rings is 1. The van der Waals surface area contributed by atoms with Gasteiger partial charge < -0.3 is 14.7 Å². The Labute approximate surface area is 126 Å². The summed E-state index contributed by atoms with van der Waals surface area (Å²) < 4.78 is 5.45. The van der Waals surface area contributed by atoms with Gasteiger partial charge in [0.15, 0.2) is 0 Å². The Hall–Kier alpha value is -1.10. The largest absolute Gasteiger partial charge is 0.481 e. The lowest BCUT2D eigenvalue weighted by Gasteiger charge is -2.37. The number of carboxylic acid groups (broad SMARTS) is 1. The first-order chi connectivity index (χ1) is 9.97. The van der Waals surface area contributed by atoms with Crippen molar-refractivity contribution >= 4 is 11.9 Å². The number of carbonyl (C=O) groups is 2. The zero-order valence-corrected chi connectivity index (χ0v) is 13.2. The summed E-state index contributed by atoms with van der Waals surface area (Å²) in [6.45, 7) is 5.52. The van der Waals surface area contributed by atoms with Crippen molar-refractivity contribution < 1.29 is 19.4 Å². The number of amides is 1. The highest BCUT2D eigenvalue weighted by molar-refractivity contribution is 5.85. The van der Waals surface area contributed by atoms with Crippen LogP contribution in [0.3, 0.4) is 0 Å². The van der Waals surface area contributed by atoms with E-state index in [-0.39, 0.29) is 17.9 Å². The summed E-state index contributed by atoms with van der Waals surface area (Å²) >= 11 is 0. The molecule has 5 nitrogen and oxygen atoms in total. The fraction of sp³-hybridized carbons (Fsp3) is 0.875. The highest BCUT2D eigenvalue weighted by Gasteiger charge is 2.44. The molecule has 120 valence electrons. The van der Waals surface area contributed by atoms with Crippen LogP contribution in [0, 0.1) is 23.7 Å². The van der Waals surface area contributed by atoms with Gasteiger partial charge in [-0.15, -0.1) is 0 Å². The number of ether oxygens (including phenoxy) is 1. The molecule has 0 aromatic rings. The molecule has 5 unspecified atom stereocenters. The van der Waals surface area contributed by atoms with Crippen LogP contribution in [-0.4, -0.2) is 48.2 Å². The van der Waals surface area contributed by atoms with E-state index in [4.69, 9.17) is 4.74 Å². The van der Waals surface area contributed by atoms with Crippen LogP contribution in [0.4, 0.5) is 0 Å². The van der Waals surface area contributed by atoms with Crippen LogP contribution in [0.5, 0.6) is 0 Å². The van der Waals surface area contributed by atoms with Gasteiger partial charge >= 0.3 is 5.97 Å². The highest BCUT2D eigenvalue weighted by Crippen LogP contribution is 2.40. The highest BCUT2D eigenvalue weighted by atomic mass is 16.5. The van der Waals surface area contributed by atoms with E-state index in [9.17, 15) is 14.7 Å².